The minimum atomic E-state index is 0.108. The molecule has 0 bridgehead atoms. The number of hydrazine groups is 1. The van der Waals surface area contributed by atoms with E-state index in [4.69, 9.17) is 0 Å². The molecule has 1 heterocycles. The molecule has 3 nitrogen and oxygen atoms in total. The molecule has 4 heteroatoms. The van der Waals surface area contributed by atoms with Gasteiger partial charge in [0.2, 0.25) is 6.41 Å². The molecule has 1 unspecified atom stereocenters. The molecule has 0 radical (unpaired) electrons. The Kier molecular flexibility index (Phi) is 1.92. The Morgan fingerprint density at radius 1 is 1.50 bits per heavy atom. The normalized spacial score (nSPS) is 20.1. The lowest BCUT2D eigenvalue weighted by atomic mass is 10.2. The molecule has 0 fully saturated rings. The fourth-order valence-corrected chi connectivity index (χ4v) is 2.05. The minimum Gasteiger partial charge on any atom is -0.295 e. The van der Waals surface area contributed by atoms with Gasteiger partial charge in [0.05, 0.1) is 5.69 Å². The van der Waals surface area contributed by atoms with E-state index < -0.39 is 0 Å². The molecule has 1 aliphatic heterocycles. The summed E-state index contributed by atoms with van der Waals surface area (Å²) in [6.45, 7) is 0. The highest BCUT2D eigenvalue weighted by molar-refractivity contribution is 14.1. The van der Waals surface area contributed by atoms with E-state index in [1.807, 2.05) is 24.3 Å². The van der Waals surface area contributed by atoms with Crippen LogP contribution in [0, 0.1) is 0 Å². The van der Waals surface area contributed by atoms with Gasteiger partial charge in [-0.3, -0.25) is 10.2 Å². The molecule has 1 aromatic carbocycles. The summed E-state index contributed by atoms with van der Waals surface area (Å²) in [5.41, 5.74) is 5.17. The highest BCUT2D eigenvalue weighted by Crippen LogP contribution is 2.37. The fourth-order valence-electron chi connectivity index (χ4n) is 1.23. The predicted octanol–water partition coefficient (Wildman–Crippen LogP) is 1.92. The van der Waals surface area contributed by atoms with Gasteiger partial charge in [-0.15, -0.1) is 0 Å². The third-order valence-corrected chi connectivity index (χ3v) is 3.10. The SMILES string of the molecule is O=CN1Nc2ccccc2C1I. The number of halogens is 1. The van der Waals surface area contributed by atoms with Crippen LogP contribution >= 0.6 is 22.6 Å². The van der Waals surface area contributed by atoms with Gasteiger partial charge >= 0.3 is 0 Å². The summed E-state index contributed by atoms with van der Waals surface area (Å²) in [7, 11) is 0. The number of fused-ring (bicyclic) bond motifs is 1. The van der Waals surface area contributed by atoms with Gasteiger partial charge in [0, 0.05) is 5.56 Å². The van der Waals surface area contributed by atoms with Crippen LogP contribution < -0.4 is 5.43 Å². The van der Waals surface area contributed by atoms with Crippen LogP contribution in [-0.4, -0.2) is 11.4 Å². The van der Waals surface area contributed by atoms with Crippen LogP contribution in [0.3, 0.4) is 0 Å². The second-order valence-electron chi connectivity index (χ2n) is 2.55. The average molecular weight is 274 g/mol. The zero-order valence-electron chi connectivity index (χ0n) is 6.20. The molecule has 1 aliphatic rings. The van der Waals surface area contributed by atoms with E-state index in [0.717, 1.165) is 17.7 Å². The topological polar surface area (TPSA) is 32.3 Å². The molecule has 1 N–H and O–H groups in total. The maximum atomic E-state index is 10.5. The minimum absolute atomic E-state index is 0.108. The lowest BCUT2D eigenvalue weighted by Crippen LogP contribution is -2.22. The molecule has 1 aromatic rings. The van der Waals surface area contributed by atoms with Gasteiger partial charge in [0.25, 0.3) is 0 Å². The number of hydrogen-bond acceptors (Lipinski definition) is 2. The van der Waals surface area contributed by atoms with Gasteiger partial charge in [-0.1, -0.05) is 40.8 Å². The number of anilines is 1. The van der Waals surface area contributed by atoms with Crippen LogP contribution in [0.2, 0.25) is 0 Å². The summed E-state index contributed by atoms with van der Waals surface area (Å²) in [6, 6.07) is 7.90. The monoisotopic (exact) mass is 274 g/mol. The van der Waals surface area contributed by atoms with E-state index in [2.05, 4.69) is 28.0 Å². The first-order chi connectivity index (χ1) is 5.83. The van der Waals surface area contributed by atoms with E-state index in [1.54, 1.807) is 5.01 Å². The lowest BCUT2D eigenvalue weighted by Gasteiger charge is -2.13. The molecule has 0 saturated heterocycles. The third-order valence-electron chi connectivity index (χ3n) is 1.82. The number of carbonyl (C=O) groups excluding carboxylic acids is 1. The Morgan fingerprint density at radius 3 is 2.92 bits per heavy atom. The number of para-hydroxylation sites is 1. The van der Waals surface area contributed by atoms with Crippen LogP contribution in [0.5, 0.6) is 0 Å². The number of rotatable bonds is 1. The van der Waals surface area contributed by atoms with E-state index in [0.29, 0.717) is 0 Å². The number of carbonyl (C=O) groups is 1. The molecule has 0 spiro atoms. The van der Waals surface area contributed by atoms with Gasteiger partial charge < -0.3 is 0 Å². The molecule has 0 aromatic heterocycles. The number of amides is 1. The number of hydrogen-bond donors (Lipinski definition) is 1. The lowest BCUT2D eigenvalue weighted by molar-refractivity contribution is -0.117. The molecule has 0 saturated carbocycles. The van der Waals surface area contributed by atoms with E-state index in [-0.39, 0.29) is 4.05 Å². The standard InChI is InChI=1S/C8H7IN2O/c9-8-6-3-1-2-4-7(6)10-11(8)5-12/h1-5,8,10H. The zero-order valence-corrected chi connectivity index (χ0v) is 8.36. The van der Waals surface area contributed by atoms with Gasteiger partial charge in [0.1, 0.15) is 4.05 Å². The Morgan fingerprint density at radius 2 is 2.25 bits per heavy atom. The van der Waals surface area contributed by atoms with Crippen LogP contribution in [0.25, 0.3) is 0 Å². The first-order valence-corrected chi connectivity index (χ1v) is 4.81. The van der Waals surface area contributed by atoms with Crippen molar-refractivity contribution in [3.63, 3.8) is 0 Å². The number of nitrogens with zero attached hydrogens (tertiary/aromatic N) is 1. The van der Waals surface area contributed by atoms with E-state index in [9.17, 15) is 4.79 Å². The van der Waals surface area contributed by atoms with E-state index >= 15 is 0 Å². The van der Waals surface area contributed by atoms with Crippen molar-refractivity contribution >= 4 is 34.7 Å². The van der Waals surface area contributed by atoms with Crippen LogP contribution in [0.15, 0.2) is 24.3 Å². The molecule has 2 rings (SSSR count). The molecule has 62 valence electrons. The summed E-state index contributed by atoms with van der Waals surface area (Å²) in [4.78, 5) is 10.5. The third kappa shape index (κ3) is 1.06. The van der Waals surface area contributed by atoms with Crippen molar-refractivity contribution in [2.24, 2.45) is 0 Å². The van der Waals surface area contributed by atoms with Gasteiger partial charge in [-0.2, -0.15) is 0 Å². The molecular weight excluding hydrogens is 267 g/mol. The molecule has 12 heavy (non-hydrogen) atoms. The Bertz CT molecular complexity index is 316. The van der Waals surface area contributed by atoms with Crippen molar-refractivity contribution in [2.45, 2.75) is 4.05 Å². The summed E-state index contributed by atoms with van der Waals surface area (Å²) < 4.78 is 0.108. The number of nitrogens with one attached hydrogen (secondary N) is 1. The maximum Gasteiger partial charge on any atom is 0.229 e. The van der Waals surface area contributed by atoms with Crippen LogP contribution in [0.4, 0.5) is 5.69 Å². The molecule has 1 amide bonds. The molecular formula is C8H7IN2O. The second-order valence-corrected chi connectivity index (χ2v) is 3.73. The van der Waals surface area contributed by atoms with Gasteiger partial charge in [-0.05, 0) is 6.07 Å². The summed E-state index contributed by atoms with van der Waals surface area (Å²) in [5.74, 6) is 0. The van der Waals surface area contributed by atoms with Crippen molar-refractivity contribution in [1.82, 2.24) is 5.01 Å². The zero-order chi connectivity index (χ0) is 8.55. The number of alkyl halides is 1. The largest absolute Gasteiger partial charge is 0.295 e. The summed E-state index contributed by atoms with van der Waals surface area (Å²) >= 11 is 2.22. The smallest absolute Gasteiger partial charge is 0.229 e. The highest BCUT2D eigenvalue weighted by atomic mass is 127. The van der Waals surface area contributed by atoms with Crippen molar-refractivity contribution < 1.29 is 4.79 Å². The Balaban J connectivity index is 2.41. The molecule has 0 aliphatic carbocycles. The predicted molar refractivity (Wildman–Crippen MR) is 54.7 cm³/mol. The first kappa shape index (κ1) is 7.85. The van der Waals surface area contributed by atoms with Crippen molar-refractivity contribution in [2.75, 3.05) is 5.43 Å². The van der Waals surface area contributed by atoms with Crippen molar-refractivity contribution in [3.05, 3.63) is 29.8 Å². The summed E-state index contributed by atoms with van der Waals surface area (Å²) in [5, 5.41) is 1.55. The highest BCUT2D eigenvalue weighted by Gasteiger charge is 2.25. The van der Waals surface area contributed by atoms with Crippen LogP contribution in [-0.2, 0) is 4.79 Å². The Labute approximate surface area is 83.9 Å². The van der Waals surface area contributed by atoms with Crippen molar-refractivity contribution in [1.29, 1.82) is 0 Å². The second kappa shape index (κ2) is 2.93. The van der Waals surface area contributed by atoms with Gasteiger partial charge in [0.15, 0.2) is 0 Å². The quantitative estimate of drug-likeness (QED) is 0.367. The fraction of sp³-hybridized carbons (Fsp3) is 0.125. The maximum absolute atomic E-state index is 10.5. The average Bonchev–Trinajstić information content (AvgIpc) is 2.44. The molecule has 1 atom stereocenters. The van der Waals surface area contributed by atoms with Gasteiger partial charge in [-0.25, -0.2) is 5.01 Å². The van der Waals surface area contributed by atoms with Crippen LogP contribution in [0.1, 0.15) is 9.61 Å². The summed E-state index contributed by atoms with van der Waals surface area (Å²) in [6.07, 6.45) is 0.803. The number of benzene rings is 1. The Hall–Kier alpha value is -0.780. The van der Waals surface area contributed by atoms with Crippen molar-refractivity contribution in [3.8, 4) is 0 Å². The van der Waals surface area contributed by atoms with E-state index in [1.165, 1.54) is 0 Å². The first-order valence-electron chi connectivity index (χ1n) is 3.56.